The molecule has 0 bridgehead atoms. The van der Waals surface area contributed by atoms with E-state index in [0.717, 1.165) is 43.3 Å². The third-order valence-electron chi connectivity index (χ3n) is 5.03. The van der Waals surface area contributed by atoms with E-state index in [2.05, 4.69) is 70.7 Å². The van der Waals surface area contributed by atoms with Crippen molar-refractivity contribution in [2.75, 3.05) is 11.9 Å². The Hall–Kier alpha value is -2.50. The number of benzene rings is 2. The topological polar surface area (TPSA) is 45.2 Å². The molecular formula is C23H25N3OS. The molecule has 0 saturated carbocycles. The van der Waals surface area contributed by atoms with Gasteiger partial charge in [-0.25, -0.2) is 4.98 Å². The smallest absolute Gasteiger partial charge is 0.226 e. The second-order valence-corrected chi connectivity index (χ2v) is 8.46. The summed E-state index contributed by atoms with van der Waals surface area (Å²) in [5.74, 6) is 0.0359. The summed E-state index contributed by atoms with van der Waals surface area (Å²) in [6.07, 6.45) is 2.18. The van der Waals surface area contributed by atoms with Crippen LogP contribution in [0.4, 0.5) is 5.13 Å². The van der Waals surface area contributed by atoms with Crippen LogP contribution in [0.25, 0.3) is 0 Å². The molecule has 0 atom stereocenters. The molecule has 0 spiro atoms. The molecule has 3 aromatic rings. The van der Waals surface area contributed by atoms with E-state index >= 15 is 0 Å². The molecule has 28 heavy (non-hydrogen) atoms. The summed E-state index contributed by atoms with van der Waals surface area (Å²) in [4.78, 5) is 20.7. The zero-order valence-electron chi connectivity index (χ0n) is 16.1. The highest BCUT2D eigenvalue weighted by Crippen LogP contribution is 2.29. The third-order valence-corrected chi connectivity index (χ3v) is 6.03. The Bertz CT molecular complexity index is 951. The number of rotatable bonds is 6. The second kappa shape index (κ2) is 8.67. The Morgan fingerprint density at radius 3 is 2.79 bits per heavy atom. The van der Waals surface area contributed by atoms with E-state index in [1.54, 1.807) is 11.3 Å². The Kier molecular flexibility index (Phi) is 5.84. The highest BCUT2D eigenvalue weighted by atomic mass is 32.1. The van der Waals surface area contributed by atoms with Gasteiger partial charge in [-0.3, -0.25) is 9.69 Å². The molecule has 1 N–H and O–H groups in total. The van der Waals surface area contributed by atoms with Gasteiger partial charge in [-0.15, -0.1) is 11.3 Å². The zero-order chi connectivity index (χ0) is 19.3. The summed E-state index contributed by atoms with van der Waals surface area (Å²) < 4.78 is 0. The van der Waals surface area contributed by atoms with Gasteiger partial charge < -0.3 is 5.32 Å². The Balaban J connectivity index is 1.32. The maximum atomic E-state index is 12.3. The molecule has 2 aromatic carbocycles. The first kappa shape index (κ1) is 18.8. The summed E-state index contributed by atoms with van der Waals surface area (Å²) in [6.45, 7) is 4.94. The number of aromatic nitrogens is 1. The van der Waals surface area contributed by atoms with E-state index in [1.165, 1.54) is 21.6 Å². The molecule has 4 nitrogen and oxygen atoms in total. The fraction of sp³-hybridized carbons (Fsp3) is 0.304. The molecule has 5 heteroatoms. The van der Waals surface area contributed by atoms with Gasteiger partial charge in [0.05, 0.1) is 5.69 Å². The SMILES string of the molecule is Cc1cccc(CCC(=O)Nc2nc3c(s2)CN(Cc2ccccc2)CC3)c1. The lowest BCUT2D eigenvalue weighted by atomic mass is 10.1. The number of hydrogen-bond donors (Lipinski definition) is 1. The van der Waals surface area contributed by atoms with Gasteiger partial charge in [0.25, 0.3) is 0 Å². The van der Waals surface area contributed by atoms with Crippen molar-refractivity contribution >= 4 is 22.4 Å². The minimum absolute atomic E-state index is 0.0359. The molecule has 0 radical (unpaired) electrons. The number of hydrogen-bond acceptors (Lipinski definition) is 4. The third kappa shape index (κ3) is 4.86. The van der Waals surface area contributed by atoms with Crippen molar-refractivity contribution in [1.29, 1.82) is 0 Å². The van der Waals surface area contributed by atoms with E-state index in [-0.39, 0.29) is 5.91 Å². The maximum Gasteiger partial charge on any atom is 0.226 e. The van der Waals surface area contributed by atoms with E-state index in [0.29, 0.717) is 6.42 Å². The Morgan fingerprint density at radius 2 is 1.96 bits per heavy atom. The van der Waals surface area contributed by atoms with Crippen LogP contribution in [0.2, 0.25) is 0 Å². The van der Waals surface area contributed by atoms with Crippen LogP contribution in [-0.4, -0.2) is 22.3 Å². The molecule has 144 valence electrons. The quantitative estimate of drug-likeness (QED) is 0.669. The lowest BCUT2D eigenvalue weighted by Gasteiger charge is -2.25. The number of carbonyl (C=O) groups is 1. The molecule has 0 fully saturated rings. The Labute approximate surface area is 170 Å². The number of aryl methyl sites for hydroxylation is 2. The van der Waals surface area contributed by atoms with Crippen molar-refractivity contribution in [1.82, 2.24) is 9.88 Å². The molecular weight excluding hydrogens is 366 g/mol. The van der Waals surface area contributed by atoms with Gasteiger partial charge in [0, 0.05) is 37.4 Å². The molecule has 1 aliphatic rings. The number of fused-ring (bicyclic) bond motifs is 1. The number of thiazole rings is 1. The molecule has 2 heterocycles. The van der Waals surface area contributed by atoms with E-state index in [9.17, 15) is 4.79 Å². The number of nitrogens with one attached hydrogen (secondary N) is 1. The number of carbonyl (C=O) groups excluding carboxylic acids is 1. The lowest BCUT2D eigenvalue weighted by molar-refractivity contribution is -0.116. The standard InChI is InChI=1S/C23H25N3OS/c1-17-6-5-9-18(14-17)10-11-22(27)25-23-24-20-12-13-26(16-21(20)28-23)15-19-7-3-2-4-8-19/h2-9,14H,10-13,15-16H2,1H3,(H,24,25,27). The predicted octanol–water partition coefficient (Wildman–Crippen LogP) is 4.58. The van der Waals surface area contributed by atoms with Gasteiger partial charge in [0.15, 0.2) is 5.13 Å². The van der Waals surface area contributed by atoms with Crippen LogP contribution >= 0.6 is 11.3 Å². The van der Waals surface area contributed by atoms with Crippen molar-refractivity contribution in [2.24, 2.45) is 0 Å². The van der Waals surface area contributed by atoms with Crippen LogP contribution in [0.15, 0.2) is 54.6 Å². The molecule has 1 amide bonds. The summed E-state index contributed by atoms with van der Waals surface area (Å²) in [5, 5.41) is 3.74. The van der Waals surface area contributed by atoms with Crippen LogP contribution in [0, 0.1) is 6.92 Å². The highest BCUT2D eigenvalue weighted by Gasteiger charge is 2.21. The fourth-order valence-electron chi connectivity index (χ4n) is 3.59. The number of amides is 1. The van der Waals surface area contributed by atoms with Gasteiger partial charge >= 0.3 is 0 Å². The normalized spacial score (nSPS) is 13.9. The van der Waals surface area contributed by atoms with Crippen LogP contribution in [0.5, 0.6) is 0 Å². The van der Waals surface area contributed by atoms with Gasteiger partial charge in [0.1, 0.15) is 0 Å². The fourth-order valence-corrected chi connectivity index (χ4v) is 4.65. The number of anilines is 1. The summed E-state index contributed by atoms with van der Waals surface area (Å²) in [6, 6.07) is 18.9. The maximum absolute atomic E-state index is 12.3. The average Bonchev–Trinajstić information content (AvgIpc) is 3.09. The summed E-state index contributed by atoms with van der Waals surface area (Å²) in [7, 11) is 0. The van der Waals surface area contributed by atoms with E-state index in [1.807, 2.05) is 6.07 Å². The van der Waals surface area contributed by atoms with Crippen molar-refractivity contribution < 1.29 is 4.79 Å². The van der Waals surface area contributed by atoms with Crippen molar-refractivity contribution in [2.45, 2.75) is 39.3 Å². The molecule has 4 rings (SSSR count). The van der Waals surface area contributed by atoms with Crippen molar-refractivity contribution in [3.05, 3.63) is 81.9 Å². The van der Waals surface area contributed by atoms with Crippen molar-refractivity contribution in [3.8, 4) is 0 Å². The molecule has 0 saturated heterocycles. The van der Waals surface area contributed by atoms with Gasteiger partial charge in [-0.05, 0) is 24.5 Å². The molecule has 1 aromatic heterocycles. The van der Waals surface area contributed by atoms with Gasteiger partial charge in [-0.2, -0.15) is 0 Å². The second-order valence-electron chi connectivity index (χ2n) is 7.37. The minimum atomic E-state index is 0.0359. The first-order valence-corrected chi connectivity index (χ1v) is 10.6. The monoisotopic (exact) mass is 391 g/mol. The van der Waals surface area contributed by atoms with E-state index in [4.69, 9.17) is 0 Å². The molecule has 0 aliphatic carbocycles. The average molecular weight is 392 g/mol. The largest absolute Gasteiger partial charge is 0.302 e. The van der Waals surface area contributed by atoms with Crippen LogP contribution in [0.3, 0.4) is 0 Å². The molecule has 0 unspecified atom stereocenters. The van der Waals surface area contributed by atoms with Crippen LogP contribution in [-0.2, 0) is 30.7 Å². The minimum Gasteiger partial charge on any atom is -0.302 e. The van der Waals surface area contributed by atoms with Gasteiger partial charge in [-0.1, -0.05) is 60.2 Å². The first-order chi connectivity index (χ1) is 13.7. The zero-order valence-corrected chi connectivity index (χ0v) is 17.0. The summed E-state index contributed by atoms with van der Waals surface area (Å²) >= 11 is 1.62. The van der Waals surface area contributed by atoms with Crippen molar-refractivity contribution in [3.63, 3.8) is 0 Å². The van der Waals surface area contributed by atoms with Crippen LogP contribution in [0.1, 0.15) is 33.7 Å². The summed E-state index contributed by atoms with van der Waals surface area (Å²) in [5.41, 5.74) is 4.90. The van der Waals surface area contributed by atoms with E-state index < -0.39 is 0 Å². The number of nitrogens with zero attached hydrogens (tertiary/aromatic N) is 2. The van der Waals surface area contributed by atoms with Crippen LogP contribution < -0.4 is 5.32 Å². The predicted molar refractivity (Wildman–Crippen MR) is 115 cm³/mol. The Morgan fingerprint density at radius 1 is 1.14 bits per heavy atom. The van der Waals surface area contributed by atoms with Gasteiger partial charge in [0.2, 0.25) is 5.91 Å². The first-order valence-electron chi connectivity index (χ1n) is 9.76. The molecule has 1 aliphatic heterocycles. The highest BCUT2D eigenvalue weighted by molar-refractivity contribution is 7.15. The lowest BCUT2D eigenvalue weighted by Crippen LogP contribution is -2.29.